The van der Waals surface area contributed by atoms with E-state index in [1.54, 1.807) is 12.5 Å². The van der Waals surface area contributed by atoms with E-state index in [0.717, 1.165) is 69.1 Å². The Bertz CT molecular complexity index is 1210. The summed E-state index contributed by atoms with van der Waals surface area (Å²) < 4.78 is 7.07. The van der Waals surface area contributed by atoms with Crippen LogP contribution < -0.4 is 4.90 Å². The second-order valence-electron chi connectivity index (χ2n) is 9.96. The lowest BCUT2D eigenvalue weighted by molar-refractivity contribution is -0.148. The van der Waals surface area contributed by atoms with Gasteiger partial charge in [-0.15, -0.1) is 0 Å². The Balaban J connectivity index is 1.23. The summed E-state index contributed by atoms with van der Waals surface area (Å²) in [5.41, 5.74) is 1.82. The van der Waals surface area contributed by atoms with Crippen LogP contribution in [0, 0.1) is 0 Å². The number of methoxy groups -OCH3 is 1. The van der Waals surface area contributed by atoms with Crippen LogP contribution in [-0.2, 0) is 9.53 Å². The number of esters is 1. The van der Waals surface area contributed by atoms with Crippen LogP contribution in [0.5, 0.6) is 0 Å². The molecule has 0 spiro atoms. The Morgan fingerprint density at radius 3 is 2.53 bits per heavy atom. The number of anilines is 1. The summed E-state index contributed by atoms with van der Waals surface area (Å²) in [6, 6.07) is 9.94. The molecule has 2 fully saturated rings. The zero-order valence-corrected chi connectivity index (χ0v) is 23.4. The van der Waals surface area contributed by atoms with Gasteiger partial charge in [-0.2, -0.15) is 0 Å². The number of ether oxygens (including phenoxy) is 1. The monoisotopic (exact) mass is 556 g/mol. The van der Waals surface area contributed by atoms with E-state index in [9.17, 15) is 4.79 Å². The van der Waals surface area contributed by atoms with Gasteiger partial charge in [0.2, 0.25) is 0 Å². The fourth-order valence-corrected chi connectivity index (χ4v) is 6.25. The molecule has 10 heteroatoms. The molecule has 0 unspecified atom stereocenters. The van der Waals surface area contributed by atoms with Crippen LogP contribution in [0.2, 0.25) is 10.0 Å². The molecule has 2 aliphatic rings. The molecule has 0 N–H and O–H groups in total. The predicted octanol–water partition coefficient (Wildman–Crippen LogP) is 4.85. The Morgan fingerprint density at radius 1 is 1.13 bits per heavy atom. The number of hydrogen-bond donors (Lipinski definition) is 0. The SMILES string of the molecule is CC[C@H]1CN(c2ncc(-n3ccnc3)cc2Cl)CCN1C1CCN([C@H](C(=O)OC)c2ccc(Cl)cc2)CC1. The maximum atomic E-state index is 12.7. The van der Waals surface area contributed by atoms with Gasteiger partial charge in [0.05, 0.1) is 30.3 Å². The molecular formula is C28H34Cl2N6O2. The third-order valence-electron chi connectivity index (χ3n) is 7.85. The number of benzene rings is 1. The zero-order chi connectivity index (χ0) is 26.6. The highest BCUT2D eigenvalue weighted by molar-refractivity contribution is 6.33. The van der Waals surface area contributed by atoms with Crippen molar-refractivity contribution in [3.63, 3.8) is 0 Å². The van der Waals surface area contributed by atoms with Crippen molar-refractivity contribution in [2.75, 3.05) is 44.7 Å². The van der Waals surface area contributed by atoms with Crippen molar-refractivity contribution in [1.29, 1.82) is 0 Å². The van der Waals surface area contributed by atoms with Crippen LogP contribution in [0.25, 0.3) is 5.69 Å². The molecule has 0 bridgehead atoms. The highest BCUT2D eigenvalue weighted by Crippen LogP contribution is 2.32. The van der Waals surface area contributed by atoms with Crippen LogP contribution >= 0.6 is 23.2 Å². The average molecular weight is 558 g/mol. The van der Waals surface area contributed by atoms with E-state index in [-0.39, 0.29) is 5.97 Å². The van der Waals surface area contributed by atoms with Crippen LogP contribution in [0.3, 0.4) is 0 Å². The van der Waals surface area contributed by atoms with Crippen molar-refractivity contribution in [1.82, 2.24) is 24.3 Å². The minimum absolute atomic E-state index is 0.228. The van der Waals surface area contributed by atoms with Crippen LogP contribution in [0.4, 0.5) is 5.82 Å². The number of carbonyl (C=O) groups is 1. The standard InChI is InChI=1S/C28H34Cl2N6O2/c1-3-22-18-34(27-25(30)16-24(17-32-27)35-13-10-31-19-35)14-15-36(22)23-8-11-33(12-9-23)26(28(37)38-2)20-4-6-21(29)7-5-20/h4-7,10,13,16-17,19,22-23,26H,3,8-9,11-12,14-15,18H2,1-2H3/t22-,26-/m0/s1. The third-order valence-corrected chi connectivity index (χ3v) is 8.38. The van der Waals surface area contributed by atoms with E-state index < -0.39 is 6.04 Å². The topological polar surface area (TPSA) is 66.7 Å². The quantitative estimate of drug-likeness (QED) is 0.385. The molecule has 202 valence electrons. The first-order valence-electron chi connectivity index (χ1n) is 13.2. The second-order valence-corrected chi connectivity index (χ2v) is 10.8. The second kappa shape index (κ2) is 12.0. The van der Waals surface area contributed by atoms with Gasteiger partial charge in [0.25, 0.3) is 0 Å². The molecule has 0 aliphatic carbocycles. The smallest absolute Gasteiger partial charge is 0.327 e. The largest absolute Gasteiger partial charge is 0.468 e. The number of aromatic nitrogens is 3. The lowest BCUT2D eigenvalue weighted by Crippen LogP contribution is -2.58. The molecule has 2 aromatic heterocycles. The van der Waals surface area contributed by atoms with Crippen molar-refractivity contribution in [3.8, 4) is 5.69 Å². The van der Waals surface area contributed by atoms with Crippen molar-refractivity contribution in [2.45, 2.75) is 44.3 Å². The molecule has 0 radical (unpaired) electrons. The van der Waals surface area contributed by atoms with E-state index in [2.05, 4.69) is 26.6 Å². The number of piperazine rings is 1. The summed E-state index contributed by atoms with van der Waals surface area (Å²) >= 11 is 12.8. The lowest BCUT2D eigenvalue weighted by atomic mass is 9.95. The fraction of sp³-hybridized carbons (Fsp3) is 0.464. The summed E-state index contributed by atoms with van der Waals surface area (Å²) in [7, 11) is 1.45. The van der Waals surface area contributed by atoms with E-state index in [1.165, 1.54) is 7.11 Å². The van der Waals surface area contributed by atoms with Gasteiger partial charge in [-0.05, 0) is 43.0 Å². The predicted molar refractivity (Wildman–Crippen MR) is 150 cm³/mol. The molecule has 2 atom stereocenters. The Kier molecular flexibility index (Phi) is 8.53. The van der Waals surface area contributed by atoms with Crippen molar-refractivity contribution < 1.29 is 9.53 Å². The zero-order valence-electron chi connectivity index (χ0n) is 21.8. The summed E-state index contributed by atoms with van der Waals surface area (Å²) in [4.78, 5) is 28.8. The number of rotatable bonds is 7. The first kappa shape index (κ1) is 26.9. The van der Waals surface area contributed by atoms with Gasteiger partial charge < -0.3 is 14.2 Å². The molecule has 38 heavy (non-hydrogen) atoms. The van der Waals surface area contributed by atoms with E-state index in [0.29, 0.717) is 22.1 Å². The Labute approximate surface area is 234 Å². The summed E-state index contributed by atoms with van der Waals surface area (Å²) in [5.74, 6) is 0.613. The van der Waals surface area contributed by atoms with Crippen molar-refractivity contribution >= 4 is 35.0 Å². The highest BCUT2D eigenvalue weighted by Gasteiger charge is 2.37. The molecular weight excluding hydrogens is 523 g/mol. The van der Waals surface area contributed by atoms with Gasteiger partial charge in [-0.3, -0.25) is 9.80 Å². The maximum Gasteiger partial charge on any atom is 0.327 e. The minimum Gasteiger partial charge on any atom is -0.468 e. The van der Waals surface area contributed by atoms with Gasteiger partial charge >= 0.3 is 5.97 Å². The first-order valence-corrected chi connectivity index (χ1v) is 14.0. The molecule has 2 saturated heterocycles. The van der Waals surface area contributed by atoms with Gasteiger partial charge in [0, 0.05) is 62.2 Å². The minimum atomic E-state index is -0.407. The Morgan fingerprint density at radius 2 is 1.89 bits per heavy atom. The van der Waals surface area contributed by atoms with Gasteiger partial charge in [-0.25, -0.2) is 14.8 Å². The number of carbonyl (C=O) groups excluding carboxylic acids is 1. The summed E-state index contributed by atoms with van der Waals surface area (Å²) in [6.07, 6.45) is 10.3. The molecule has 8 nitrogen and oxygen atoms in total. The Hall–Kier alpha value is -2.65. The highest BCUT2D eigenvalue weighted by atomic mass is 35.5. The summed E-state index contributed by atoms with van der Waals surface area (Å²) in [6.45, 7) is 6.66. The van der Waals surface area contributed by atoms with E-state index >= 15 is 0 Å². The molecule has 2 aliphatic heterocycles. The summed E-state index contributed by atoms with van der Waals surface area (Å²) in [5, 5.41) is 1.32. The number of likely N-dealkylation sites (tertiary alicyclic amines) is 1. The first-order chi connectivity index (χ1) is 18.5. The van der Waals surface area contributed by atoms with Crippen molar-refractivity contribution in [2.24, 2.45) is 0 Å². The van der Waals surface area contributed by atoms with Gasteiger partial charge in [0.15, 0.2) is 0 Å². The number of halogens is 2. The van der Waals surface area contributed by atoms with Crippen LogP contribution in [0.1, 0.15) is 37.8 Å². The number of nitrogens with zero attached hydrogens (tertiary/aromatic N) is 6. The van der Waals surface area contributed by atoms with E-state index in [1.807, 2.05) is 47.3 Å². The fourth-order valence-electron chi connectivity index (χ4n) is 5.84. The normalized spacial score (nSPS) is 20.4. The number of pyridine rings is 1. The molecule has 3 aromatic rings. The third kappa shape index (κ3) is 5.69. The van der Waals surface area contributed by atoms with Crippen LogP contribution in [-0.4, -0.2) is 82.2 Å². The molecule has 5 rings (SSSR count). The van der Waals surface area contributed by atoms with Crippen molar-refractivity contribution in [3.05, 3.63) is 70.9 Å². The van der Waals surface area contributed by atoms with Gasteiger partial charge in [-0.1, -0.05) is 42.3 Å². The molecule has 0 amide bonds. The molecule has 1 aromatic carbocycles. The number of imidazole rings is 1. The molecule has 0 saturated carbocycles. The number of hydrogen-bond acceptors (Lipinski definition) is 7. The maximum absolute atomic E-state index is 12.7. The van der Waals surface area contributed by atoms with Crippen LogP contribution in [0.15, 0.2) is 55.2 Å². The average Bonchev–Trinajstić information content (AvgIpc) is 3.49. The number of piperidine rings is 1. The lowest BCUT2D eigenvalue weighted by Gasteiger charge is -2.48. The van der Waals surface area contributed by atoms with E-state index in [4.69, 9.17) is 32.9 Å². The molecule has 4 heterocycles. The van der Waals surface area contributed by atoms with Gasteiger partial charge in [0.1, 0.15) is 11.9 Å².